The molecule has 0 saturated carbocycles. The molecule has 1 aromatic heterocycles. The number of carbonyl (C=O) groups excluding carboxylic acids is 2. The summed E-state index contributed by atoms with van der Waals surface area (Å²) in [5.74, 6) is -1.93. The van der Waals surface area contributed by atoms with E-state index in [0.29, 0.717) is 12.0 Å². The number of anilines is 1. The van der Waals surface area contributed by atoms with E-state index in [2.05, 4.69) is 15.4 Å². The van der Waals surface area contributed by atoms with Crippen LogP contribution in [0, 0.1) is 17.5 Å². The summed E-state index contributed by atoms with van der Waals surface area (Å²) in [6, 6.07) is 4.57. The Morgan fingerprint density at radius 3 is 2.46 bits per heavy atom. The van der Waals surface area contributed by atoms with Gasteiger partial charge in [0.25, 0.3) is 0 Å². The van der Waals surface area contributed by atoms with Crippen LogP contribution in [0.4, 0.5) is 28.6 Å². The molecule has 35 heavy (non-hydrogen) atoms. The van der Waals surface area contributed by atoms with Crippen molar-refractivity contribution in [3.8, 4) is 0 Å². The number of nitrogens with one attached hydrogen (secondary N) is 1. The molecule has 2 aliphatic heterocycles. The van der Waals surface area contributed by atoms with E-state index in [1.165, 1.54) is 46.5 Å². The first-order valence-electron chi connectivity index (χ1n) is 10.9. The lowest BCUT2D eigenvalue weighted by Gasteiger charge is -2.37. The third kappa shape index (κ3) is 5.79. The SMILES string of the molecule is CC(C)(C)OC(=O)Nc1ccc(F)c(C=C2CN(C(=O)N3N=CC[C@H]3c3cc(F)cc(F)c3)C2)n1. The Hall–Kier alpha value is -3.89. The summed E-state index contributed by atoms with van der Waals surface area (Å²) in [6.45, 7) is 5.57. The van der Waals surface area contributed by atoms with Crippen LogP contribution in [0.5, 0.6) is 0 Å². The van der Waals surface area contributed by atoms with E-state index in [1.807, 2.05) is 0 Å². The lowest BCUT2D eigenvalue weighted by Crippen LogP contribution is -2.49. The minimum absolute atomic E-state index is 0.00737. The Balaban J connectivity index is 1.40. The third-order valence-corrected chi connectivity index (χ3v) is 5.20. The summed E-state index contributed by atoms with van der Waals surface area (Å²) in [6.07, 6.45) is 2.64. The number of pyridine rings is 1. The van der Waals surface area contributed by atoms with Gasteiger partial charge in [-0.1, -0.05) is 0 Å². The molecule has 8 nitrogen and oxygen atoms in total. The molecule has 1 aromatic carbocycles. The van der Waals surface area contributed by atoms with Gasteiger partial charge in [0.2, 0.25) is 0 Å². The number of urea groups is 1. The maximum absolute atomic E-state index is 14.3. The normalized spacial score (nSPS) is 17.3. The second kappa shape index (κ2) is 9.40. The molecule has 1 N–H and O–H groups in total. The van der Waals surface area contributed by atoms with Crippen molar-refractivity contribution >= 4 is 30.2 Å². The molecule has 4 rings (SSSR count). The molecule has 0 radical (unpaired) electrons. The molecule has 0 aliphatic carbocycles. The van der Waals surface area contributed by atoms with Crippen molar-refractivity contribution in [2.45, 2.75) is 38.8 Å². The fourth-order valence-corrected chi connectivity index (χ4v) is 3.69. The van der Waals surface area contributed by atoms with Gasteiger partial charge in [-0.2, -0.15) is 5.10 Å². The Bertz CT molecular complexity index is 1200. The van der Waals surface area contributed by atoms with Crippen LogP contribution in [-0.4, -0.2) is 51.9 Å². The number of halogens is 3. The molecule has 3 amide bonds. The number of likely N-dealkylation sites (tertiary alicyclic amines) is 1. The minimum atomic E-state index is -0.730. The second-order valence-corrected chi connectivity index (χ2v) is 9.23. The molecule has 2 aliphatic rings. The number of benzene rings is 1. The van der Waals surface area contributed by atoms with Gasteiger partial charge in [-0.05, 0) is 62.2 Å². The number of hydrogen-bond acceptors (Lipinski definition) is 5. The summed E-state index contributed by atoms with van der Waals surface area (Å²) < 4.78 is 46.7. The fraction of sp³-hybridized carbons (Fsp3) is 0.333. The number of carbonyl (C=O) groups is 2. The predicted octanol–water partition coefficient (Wildman–Crippen LogP) is 5.10. The lowest BCUT2D eigenvalue weighted by molar-refractivity contribution is 0.0635. The van der Waals surface area contributed by atoms with Gasteiger partial charge in [0, 0.05) is 31.8 Å². The molecule has 0 spiro atoms. The van der Waals surface area contributed by atoms with Crippen LogP contribution in [0.1, 0.15) is 44.5 Å². The Morgan fingerprint density at radius 1 is 1.11 bits per heavy atom. The number of amides is 3. The maximum atomic E-state index is 14.3. The number of hydrazone groups is 1. The maximum Gasteiger partial charge on any atom is 0.413 e. The van der Waals surface area contributed by atoms with E-state index in [1.54, 1.807) is 20.8 Å². The van der Waals surface area contributed by atoms with E-state index in [9.17, 15) is 22.8 Å². The van der Waals surface area contributed by atoms with Crippen LogP contribution in [0.2, 0.25) is 0 Å². The first-order chi connectivity index (χ1) is 16.5. The van der Waals surface area contributed by atoms with E-state index in [0.717, 1.165) is 11.6 Å². The molecule has 0 bridgehead atoms. The van der Waals surface area contributed by atoms with Gasteiger partial charge < -0.3 is 9.64 Å². The monoisotopic (exact) mass is 487 g/mol. The van der Waals surface area contributed by atoms with E-state index >= 15 is 0 Å². The molecule has 1 atom stereocenters. The molecule has 184 valence electrons. The van der Waals surface area contributed by atoms with Gasteiger partial charge in [0.1, 0.15) is 34.6 Å². The highest BCUT2D eigenvalue weighted by atomic mass is 19.1. The molecule has 1 fully saturated rings. The van der Waals surface area contributed by atoms with Crippen molar-refractivity contribution < 1.29 is 27.5 Å². The van der Waals surface area contributed by atoms with E-state index in [-0.39, 0.29) is 24.6 Å². The van der Waals surface area contributed by atoms with Gasteiger partial charge in [0.15, 0.2) is 0 Å². The number of aromatic nitrogens is 1. The van der Waals surface area contributed by atoms with Gasteiger partial charge in [-0.3, -0.25) is 5.32 Å². The van der Waals surface area contributed by atoms with Crippen LogP contribution < -0.4 is 5.32 Å². The predicted molar refractivity (Wildman–Crippen MR) is 123 cm³/mol. The Morgan fingerprint density at radius 2 is 1.80 bits per heavy atom. The molecule has 1 saturated heterocycles. The summed E-state index contributed by atoms with van der Waals surface area (Å²) in [4.78, 5) is 30.4. The highest BCUT2D eigenvalue weighted by Gasteiger charge is 2.36. The smallest absolute Gasteiger partial charge is 0.413 e. The lowest BCUT2D eigenvalue weighted by atomic mass is 10.0. The highest BCUT2D eigenvalue weighted by molar-refractivity contribution is 5.84. The van der Waals surface area contributed by atoms with Crippen molar-refractivity contribution in [3.05, 3.63) is 64.6 Å². The van der Waals surface area contributed by atoms with Crippen LogP contribution >= 0.6 is 0 Å². The van der Waals surface area contributed by atoms with Gasteiger partial charge in [-0.15, -0.1) is 0 Å². The third-order valence-electron chi connectivity index (χ3n) is 5.20. The first kappa shape index (κ1) is 24.2. The zero-order chi connectivity index (χ0) is 25.3. The second-order valence-electron chi connectivity index (χ2n) is 9.23. The van der Waals surface area contributed by atoms with Crippen molar-refractivity contribution in [2.24, 2.45) is 5.10 Å². The molecular weight excluding hydrogens is 463 g/mol. The molecule has 0 unspecified atom stereocenters. The van der Waals surface area contributed by atoms with E-state index in [4.69, 9.17) is 4.74 Å². The van der Waals surface area contributed by atoms with Crippen LogP contribution in [-0.2, 0) is 4.74 Å². The summed E-state index contributed by atoms with van der Waals surface area (Å²) >= 11 is 0. The van der Waals surface area contributed by atoms with Crippen molar-refractivity contribution in [1.29, 1.82) is 0 Å². The van der Waals surface area contributed by atoms with Crippen molar-refractivity contribution in [1.82, 2.24) is 14.9 Å². The average molecular weight is 487 g/mol. The Labute approximate surface area is 200 Å². The van der Waals surface area contributed by atoms with Crippen LogP contribution in [0.3, 0.4) is 0 Å². The largest absolute Gasteiger partial charge is 0.444 e. The van der Waals surface area contributed by atoms with Gasteiger partial charge >= 0.3 is 12.1 Å². The fourth-order valence-electron chi connectivity index (χ4n) is 3.69. The number of nitrogens with zero attached hydrogens (tertiary/aromatic N) is 4. The quantitative estimate of drug-likeness (QED) is 0.653. The standard InChI is InChI=1S/C24H24F3N5O3/c1-24(2,3)35-22(33)30-21-5-4-18(27)19(29-21)8-14-12-31(13-14)23(34)32-20(6-7-28-32)15-9-16(25)11-17(26)10-15/h4-5,7-11,20H,6,12-13H2,1-3H3,(H,29,30,33)/t20-/m0/s1. The molecule has 3 heterocycles. The number of hydrogen-bond donors (Lipinski definition) is 1. The van der Waals surface area contributed by atoms with Crippen molar-refractivity contribution in [2.75, 3.05) is 18.4 Å². The minimum Gasteiger partial charge on any atom is -0.444 e. The van der Waals surface area contributed by atoms with Crippen LogP contribution in [0.15, 0.2) is 41.0 Å². The zero-order valence-corrected chi connectivity index (χ0v) is 19.4. The van der Waals surface area contributed by atoms with Crippen LogP contribution in [0.25, 0.3) is 6.08 Å². The number of rotatable bonds is 3. The molecule has 11 heteroatoms. The topological polar surface area (TPSA) is 87.1 Å². The van der Waals surface area contributed by atoms with Gasteiger partial charge in [0.05, 0.1) is 6.04 Å². The zero-order valence-electron chi connectivity index (χ0n) is 19.4. The van der Waals surface area contributed by atoms with E-state index < -0.39 is 41.2 Å². The van der Waals surface area contributed by atoms with Gasteiger partial charge in [-0.25, -0.2) is 32.8 Å². The first-order valence-corrected chi connectivity index (χ1v) is 10.9. The molecule has 2 aromatic rings. The Kier molecular flexibility index (Phi) is 6.51. The summed E-state index contributed by atoms with van der Waals surface area (Å²) in [7, 11) is 0. The summed E-state index contributed by atoms with van der Waals surface area (Å²) in [5.41, 5.74) is 0.354. The highest BCUT2D eigenvalue weighted by Crippen LogP contribution is 2.32. The van der Waals surface area contributed by atoms with Crippen molar-refractivity contribution in [3.63, 3.8) is 0 Å². The number of ether oxygens (including phenoxy) is 1. The average Bonchev–Trinajstić information content (AvgIpc) is 3.20. The molecular formula is C24H24F3N5O3. The summed E-state index contributed by atoms with van der Waals surface area (Å²) in [5, 5.41) is 7.72.